The molecule has 0 aliphatic heterocycles. The Labute approximate surface area is 165 Å². The van der Waals surface area contributed by atoms with Crippen LogP contribution in [0.1, 0.15) is 15.4 Å². The zero-order valence-corrected chi connectivity index (χ0v) is 16.5. The monoisotopic (exact) mass is 450 g/mol. The third-order valence-corrected chi connectivity index (χ3v) is 7.55. The van der Waals surface area contributed by atoms with Crippen LogP contribution in [0.25, 0.3) is 11.1 Å². The van der Waals surface area contributed by atoms with E-state index in [0.717, 1.165) is 35.6 Å². The number of carboxylic acid groups (broad SMARTS) is 1. The Bertz CT molecular complexity index is 1160. The summed E-state index contributed by atoms with van der Waals surface area (Å²) in [4.78, 5) is 15.1. The van der Waals surface area contributed by atoms with E-state index in [9.17, 15) is 22.0 Å². The molecular weight excluding hydrogens is 442 g/mol. The summed E-state index contributed by atoms with van der Waals surface area (Å²) in [5.74, 6) is -2.73. The maximum absolute atomic E-state index is 14.0. The number of aryl methyl sites for hydroxylation is 1. The van der Waals surface area contributed by atoms with Gasteiger partial charge in [0.15, 0.2) is 10.8 Å². The maximum atomic E-state index is 14.0. The molecule has 3 rings (SSSR count). The summed E-state index contributed by atoms with van der Waals surface area (Å²) >= 11 is 7.54. The number of benzene rings is 1. The number of nitrogens with one attached hydrogen (secondary N) is 1. The first-order valence-electron chi connectivity index (χ1n) is 7.07. The number of hydrogen-bond donors (Lipinski definition) is 2. The van der Waals surface area contributed by atoms with E-state index < -0.39 is 27.6 Å². The number of carboxylic acids is 1. The van der Waals surface area contributed by atoms with E-state index in [1.54, 1.807) is 0 Å². The molecule has 0 radical (unpaired) electrons. The molecule has 0 aliphatic carbocycles. The molecule has 0 saturated carbocycles. The Morgan fingerprint density at radius 3 is 2.56 bits per heavy atom. The van der Waals surface area contributed by atoms with Gasteiger partial charge in [0.1, 0.15) is 20.2 Å². The summed E-state index contributed by atoms with van der Waals surface area (Å²) < 4.78 is 54.3. The molecule has 0 amide bonds. The van der Waals surface area contributed by atoms with Gasteiger partial charge in [0.25, 0.3) is 10.0 Å². The van der Waals surface area contributed by atoms with Crippen LogP contribution in [0.4, 0.5) is 13.9 Å². The smallest absolute Gasteiger partial charge is 0.355 e. The Kier molecular flexibility index (Phi) is 5.21. The van der Waals surface area contributed by atoms with Crippen molar-refractivity contribution < 1.29 is 27.1 Å². The molecule has 0 spiro atoms. The third kappa shape index (κ3) is 3.95. The molecule has 6 nitrogen and oxygen atoms in total. The van der Waals surface area contributed by atoms with E-state index in [0.29, 0.717) is 16.2 Å². The van der Waals surface area contributed by atoms with Gasteiger partial charge in [-0.15, -0.1) is 22.7 Å². The highest BCUT2D eigenvalue weighted by Crippen LogP contribution is 2.39. The van der Waals surface area contributed by atoms with Gasteiger partial charge >= 0.3 is 5.97 Å². The highest BCUT2D eigenvalue weighted by atomic mass is 35.5. The van der Waals surface area contributed by atoms with E-state index >= 15 is 0 Å². The minimum absolute atomic E-state index is 0.0283. The van der Waals surface area contributed by atoms with Crippen molar-refractivity contribution in [3.63, 3.8) is 0 Å². The highest BCUT2D eigenvalue weighted by Gasteiger charge is 2.24. The molecule has 12 heteroatoms. The minimum atomic E-state index is -4.15. The van der Waals surface area contributed by atoms with E-state index in [1.807, 2.05) is 0 Å². The SMILES string of the molecule is Cc1sc(NS(=O)(=O)c2cc(-c3cc(F)ccc3F)c(Cl)s2)nc1C(=O)O. The van der Waals surface area contributed by atoms with Crippen molar-refractivity contribution in [2.45, 2.75) is 11.1 Å². The Morgan fingerprint density at radius 2 is 1.93 bits per heavy atom. The van der Waals surface area contributed by atoms with E-state index in [4.69, 9.17) is 16.7 Å². The summed E-state index contributed by atoms with van der Waals surface area (Å²) in [6, 6.07) is 3.88. The van der Waals surface area contributed by atoms with Crippen molar-refractivity contribution in [2.75, 3.05) is 4.72 Å². The molecule has 0 bridgehead atoms. The Morgan fingerprint density at radius 1 is 1.22 bits per heavy atom. The van der Waals surface area contributed by atoms with Crippen LogP contribution in [-0.4, -0.2) is 24.5 Å². The van der Waals surface area contributed by atoms with Crippen molar-refractivity contribution in [3.05, 3.63) is 50.8 Å². The van der Waals surface area contributed by atoms with E-state index in [1.165, 1.54) is 6.92 Å². The average Bonchev–Trinajstić information content (AvgIpc) is 3.12. The first-order valence-corrected chi connectivity index (χ1v) is 10.6. The Balaban J connectivity index is 1.98. The number of thiophene rings is 1. The zero-order chi connectivity index (χ0) is 19.9. The normalized spacial score (nSPS) is 11.6. The second-order valence-corrected chi connectivity index (χ2v) is 9.98. The van der Waals surface area contributed by atoms with Crippen LogP contribution in [0, 0.1) is 18.6 Å². The van der Waals surface area contributed by atoms with Crippen molar-refractivity contribution in [2.24, 2.45) is 0 Å². The third-order valence-electron chi connectivity index (χ3n) is 3.37. The largest absolute Gasteiger partial charge is 0.476 e. The lowest BCUT2D eigenvalue weighted by Gasteiger charge is -2.02. The van der Waals surface area contributed by atoms with Gasteiger partial charge < -0.3 is 5.11 Å². The van der Waals surface area contributed by atoms with Crippen molar-refractivity contribution in [3.8, 4) is 11.1 Å². The zero-order valence-electron chi connectivity index (χ0n) is 13.3. The lowest BCUT2D eigenvalue weighted by molar-refractivity contribution is 0.0690. The topological polar surface area (TPSA) is 96.4 Å². The number of carbonyl (C=O) groups is 1. The molecule has 0 unspecified atom stereocenters. The van der Waals surface area contributed by atoms with Crippen LogP contribution in [-0.2, 0) is 10.0 Å². The van der Waals surface area contributed by atoms with Gasteiger partial charge in [-0.2, -0.15) is 0 Å². The summed E-state index contributed by atoms with van der Waals surface area (Å²) in [5.41, 5.74) is -0.402. The predicted molar refractivity (Wildman–Crippen MR) is 99.3 cm³/mol. The molecule has 0 aliphatic rings. The molecule has 27 heavy (non-hydrogen) atoms. The number of nitrogens with zero attached hydrogens (tertiary/aromatic N) is 1. The van der Waals surface area contributed by atoms with Crippen LogP contribution >= 0.6 is 34.3 Å². The van der Waals surface area contributed by atoms with Gasteiger partial charge in [-0.05, 0) is 31.2 Å². The quantitative estimate of drug-likeness (QED) is 0.591. The van der Waals surface area contributed by atoms with Crippen LogP contribution in [0.5, 0.6) is 0 Å². The average molecular weight is 451 g/mol. The number of aromatic nitrogens is 1. The molecule has 0 saturated heterocycles. The molecule has 2 aromatic heterocycles. The summed E-state index contributed by atoms with van der Waals surface area (Å²) in [7, 11) is -4.15. The van der Waals surface area contributed by atoms with Crippen LogP contribution < -0.4 is 4.72 Å². The predicted octanol–water partition coefficient (Wildman–Crippen LogP) is 4.61. The summed E-state index contributed by atoms with van der Waals surface area (Å²) in [6.45, 7) is 1.49. The van der Waals surface area contributed by atoms with E-state index in [-0.39, 0.29) is 30.5 Å². The number of anilines is 1. The van der Waals surface area contributed by atoms with Gasteiger partial charge in [-0.3, -0.25) is 4.72 Å². The fourth-order valence-electron chi connectivity index (χ4n) is 2.17. The maximum Gasteiger partial charge on any atom is 0.355 e. The fourth-order valence-corrected chi connectivity index (χ4v) is 5.96. The van der Waals surface area contributed by atoms with Gasteiger partial charge in [-0.25, -0.2) is 27.0 Å². The summed E-state index contributed by atoms with van der Waals surface area (Å²) in [5, 5.41) is 8.86. The molecule has 2 N–H and O–H groups in total. The molecule has 3 aromatic rings. The number of halogens is 3. The number of sulfonamides is 1. The number of thiazole rings is 1. The second kappa shape index (κ2) is 7.15. The standard InChI is InChI=1S/C15H9ClF2N2O4S3/c1-6-12(14(21)22)19-15(25-6)20-27(23,24)11-5-9(13(16)26-11)8-4-7(17)2-3-10(8)18/h2-5H,1H3,(H,19,20)(H,21,22). The molecular formula is C15H9ClF2N2O4S3. The molecule has 142 valence electrons. The first kappa shape index (κ1) is 19.7. The van der Waals surface area contributed by atoms with Crippen LogP contribution in [0.15, 0.2) is 28.5 Å². The fraction of sp³-hybridized carbons (Fsp3) is 0.0667. The molecule has 1 aromatic carbocycles. The van der Waals surface area contributed by atoms with Crippen molar-refractivity contribution in [1.82, 2.24) is 4.98 Å². The van der Waals surface area contributed by atoms with Gasteiger partial charge in [0.05, 0.1) is 0 Å². The Hall–Kier alpha value is -2.08. The van der Waals surface area contributed by atoms with E-state index in [2.05, 4.69) is 9.71 Å². The van der Waals surface area contributed by atoms with Crippen LogP contribution in [0.3, 0.4) is 0 Å². The number of rotatable bonds is 5. The van der Waals surface area contributed by atoms with Gasteiger partial charge in [0.2, 0.25) is 0 Å². The number of aromatic carboxylic acids is 1. The lowest BCUT2D eigenvalue weighted by Crippen LogP contribution is -2.11. The van der Waals surface area contributed by atoms with Crippen molar-refractivity contribution >= 4 is 55.4 Å². The molecule has 0 fully saturated rings. The highest BCUT2D eigenvalue weighted by molar-refractivity contribution is 7.95. The number of hydrogen-bond acceptors (Lipinski definition) is 6. The van der Waals surface area contributed by atoms with Gasteiger partial charge in [-0.1, -0.05) is 11.6 Å². The molecule has 0 atom stereocenters. The van der Waals surface area contributed by atoms with Gasteiger partial charge in [0, 0.05) is 16.0 Å². The molecule has 2 heterocycles. The van der Waals surface area contributed by atoms with Crippen molar-refractivity contribution in [1.29, 1.82) is 0 Å². The van der Waals surface area contributed by atoms with Crippen LogP contribution in [0.2, 0.25) is 4.34 Å². The second-order valence-electron chi connectivity index (χ2n) is 5.21. The minimum Gasteiger partial charge on any atom is -0.476 e. The summed E-state index contributed by atoms with van der Waals surface area (Å²) in [6.07, 6.45) is 0. The lowest BCUT2D eigenvalue weighted by atomic mass is 10.1. The first-order chi connectivity index (χ1) is 12.6.